The number of nitrogens with zero attached hydrogens (tertiary/aromatic N) is 1. The molecule has 3 rings (SSSR count). The molecule has 0 unspecified atom stereocenters. The molecule has 0 spiro atoms. The maximum Gasteiger partial charge on any atom is 0.139 e. The highest BCUT2D eigenvalue weighted by atomic mass is 35.5. The molecule has 1 aliphatic rings. The molecule has 5 heteroatoms. The zero-order valence-electron chi connectivity index (χ0n) is 9.66. The van der Waals surface area contributed by atoms with Gasteiger partial charge < -0.3 is 10.3 Å². The Morgan fingerprint density at radius 1 is 1.33 bits per heavy atom. The van der Waals surface area contributed by atoms with Crippen molar-refractivity contribution >= 4 is 23.8 Å². The van der Waals surface area contributed by atoms with Crippen molar-refractivity contribution in [2.45, 2.75) is 13.0 Å². The second-order valence-electron chi connectivity index (χ2n) is 4.28. The molecule has 0 saturated carbocycles. The van der Waals surface area contributed by atoms with Crippen LogP contribution in [0.3, 0.4) is 0 Å². The van der Waals surface area contributed by atoms with Gasteiger partial charge in [-0.15, -0.1) is 0 Å². The molecule has 0 aliphatic carbocycles. The van der Waals surface area contributed by atoms with Crippen LogP contribution in [0.15, 0.2) is 24.3 Å². The number of aromatic amines is 1. The van der Waals surface area contributed by atoms with E-state index in [4.69, 9.17) is 23.8 Å². The van der Waals surface area contributed by atoms with Gasteiger partial charge in [0.1, 0.15) is 10.5 Å². The minimum atomic E-state index is 0.672. The molecule has 1 aromatic carbocycles. The number of aromatic nitrogens is 2. The third-order valence-corrected chi connectivity index (χ3v) is 3.63. The maximum atomic E-state index is 6.00. The minimum absolute atomic E-state index is 0.672. The molecule has 0 bridgehead atoms. The average Bonchev–Trinajstić information content (AvgIpc) is 2.39. The molecule has 1 aromatic heterocycles. The van der Waals surface area contributed by atoms with Gasteiger partial charge in [0, 0.05) is 41.4 Å². The molecule has 0 radical (unpaired) electrons. The molecule has 0 saturated heterocycles. The van der Waals surface area contributed by atoms with Crippen LogP contribution in [-0.2, 0) is 13.0 Å². The van der Waals surface area contributed by atoms with Crippen molar-refractivity contribution in [3.05, 3.63) is 45.2 Å². The quantitative estimate of drug-likeness (QED) is 0.787. The first-order chi connectivity index (χ1) is 8.74. The first-order valence-corrected chi connectivity index (χ1v) is 6.61. The number of benzene rings is 1. The van der Waals surface area contributed by atoms with Gasteiger partial charge >= 0.3 is 0 Å². The Morgan fingerprint density at radius 2 is 2.22 bits per heavy atom. The lowest BCUT2D eigenvalue weighted by Gasteiger charge is -2.17. The topological polar surface area (TPSA) is 40.7 Å². The first-order valence-electron chi connectivity index (χ1n) is 5.83. The smallest absolute Gasteiger partial charge is 0.139 e. The van der Waals surface area contributed by atoms with E-state index < -0.39 is 0 Å². The molecule has 2 aromatic rings. The molecule has 0 amide bonds. The van der Waals surface area contributed by atoms with E-state index in [0.717, 1.165) is 36.5 Å². The van der Waals surface area contributed by atoms with Crippen LogP contribution in [0.2, 0.25) is 5.02 Å². The summed E-state index contributed by atoms with van der Waals surface area (Å²) in [6.45, 7) is 1.77. The fourth-order valence-electron chi connectivity index (χ4n) is 2.14. The van der Waals surface area contributed by atoms with Gasteiger partial charge in [0.05, 0.1) is 0 Å². The number of fused-ring (bicyclic) bond motifs is 1. The van der Waals surface area contributed by atoms with Gasteiger partial charge in [-0.1, -0.05) is 36.0 Å². The van der Waals surface area contributed by atoms with Crippen molar-refractivity contribution in [2.75, 3.05) is 6.54 Å². The van der Waals surface area contributed by atoms with Crippen LogP contribution < -0.4 is 5.32 Å². The Morgan fingerprint density at radius 3 is 3.06 bits per heavy atom. The summed E-state index contributed by atoms with van der Waals surface area (Å²) in [5.41, 5.74) is 3.26. The Labute approximate surface area is 115 Å². The molecule has 1 aliphatic heterocycles. The highest BCUT2D eigenvalue weighted by Crippen LogP contribution is 2.22. The molecule has 18 heavy (non-hydrogen) atoms. The van der Waals surface area contributed by atoms with Crippen LogP contribution in [-0.4, -0.2) is 16.5 Å². The molecule has 92 valence electrons. The van der Waals surface area contributed by atoms with Crippen LogP contribution in [0.4, 0.5) is 0 Å². The molecule has 0 atom stereocenters. The number of hydrogen-bond donors (Lipinski definition) is 2. The van der Waals surface area contributed by atoms with E-state index in [-0.39, 0.29) is 0 Å². The molecule has 2 N–H and O–H groups in total. The zero-order valence-corrected chi connectivity index (χ0v) is 11.2. The van der Waals surface area contributed by atoms with Gasteiger partial charge in [-0.3, -0.25) is 0 Å². The van der Waals surface area contributed by atoms with Crippen LogP contribution in [0.25, 0.3) is 11.4 Å². The summed E-state index contributed by atoms with van der Waals surface area (Å²) in [4.78, 5) is 7.83. The highest BCUT2D eigenvalue weighted by molar-refractivity contribution is 7.71. The molecule has 3 nitrogen and oxygen atoms in total. The first kappa shape index (κ1) is 11.8. The van der Waals surface area contributed by atoms with Crippen LogP contribution in [0.5, 0.6) is 0 Å². The largest absolute Gasteiger partial charge is 0.343 e. The summed E-state index contributed by atoms with van der Waals surface area (Å²) in [5, 5.41) is 4.00. The van der Waals surface area contributed by atoms with Crippen molar-refractivity contribution in [1.29, 1.82) is 0 Å². The SMILES string of the molecule is S=c1nc(-c2cccc(Cl)c2)[nH]c2c1CNCC2. The van der Waals surface area contributed by atoms with E-state index in [1.54, 1.807) is 0 Å². The number of nitrogens with one attached hydrogen (secondary N) is 2. The van der Waals surface area contributed by atoms with Crippen molar-refractivity contribution in [3.8, 4) is 11.4 Å². The van der Waals surface area contributed by atoms with Gasteiger partial charge in [-0.05, 0) is 12.1 Å². The van der Waals surface area contributed by atoms with E-state index in [1.165, 1.54) is 5.69 Å². The summed E-state index contributed by atoms with van der Waals surface area (Å²) >= 11 is 11.4. The highest BCUT2D eigenvalue weighted by Gasteiger charge is 2.13. The van der Waals surface area contributed by atoms with E-state index in [0.29, 0.717) is 9.66 Å². The second-order valence-corrected chi connectivity index (χ2v) is 5.11. The van der Waals surface area contributed by atoms with Gasteiger partial charge in [-0.25, -0.2) is 4.98 Å². The molecular formula is C13H12ClN3S. The van der Waals surface area contributed by atoms with Crippen LogP contribution >= 0.6 is 23.8 Å². The summed E-state index contributed by atoms with van der Waals surface area (Å²) < 4.78 is 0.672. The number of rotatable bonds is 1. The predicted octanol–water partition coefficient (Wildman–Crippen LogP) is 3.11. The van der Waals surface area contributed by atoms with Crippen molar-refractivity contribution < 1.29 is 0 Å². The normalized spacial score (nSPS) is 14.3. The Balaban J connectivity index is 2.14. The molecular weight excluding hydrogens is 266 g/mol. The summed E-state index contributed by atoms with van der Waals surface area (Å²) in [6, 6.07) is 7.63. The Bertz CT molecular complexity index is 651. The second kappa shape index (κ2) is 4.80. The number of hydrogen-bond acceptors (Lipinski definition) is 3. The molecule has 2 heterocycles. The Hall–Kier alpha value is -1.23. The summed E-state index contributed by atoms with van der Waals surface area (Å²) in [6.07, 6.45) is 0.953. The fourth-order valence-corrected chi connectivity index (χ4v) is 2.62. The zero-order chi connectivity index (χ0) is 12.5. The van der Waals surface area contributed by atoms with Gasteiger partial charge in [0.25, 0.3) is 0 Å². The van der Waals surface area contributed by atoms with E-state index in [1.807, 2.05) is 24.3 Å². The third kappa shape index (κ3) is 2.19. The van der Waals surface area contributed by atoms with Gasteiger partial charge in [0.15, 0.2) is 0 Å². The van der Waals surface area contributed by atoms with Gasteiger partial charge in [0.2, 0.25) is 0 Å². The van der Waals surface area contributed by atoms with Crippen molar-refractivity contribution in [3.63, 3.8) is 0 Å². The van der Waals surface area contributed by atoms with Gasteiger partial charge in [-0.2, -0.15) is 0 Å². The lowest BCUT2D eigenvalue weighted by atomic mass is 10.1. The van der Waals surface area contributed by atoms with Crippen LogP contribution in [0.1, 0.15) is 11.3 Å². The molecule has 0 fully saturated rings. The number of halogens is 1. The van der Waals surface area contributed by atoms with E-state index in [2.05, 4.69) is 15.3 Å². The van der Waals surface area contributed by atoms with Crippen LogP contribution in [0, 0.1) is 4.64 Å². The maximum absolute atomic E-state index is 6.00. The van der Waals surface area contributed by atoms with Crippen molar-refractivity contribution in [1.82, 2.24) is 15.3 Å². The Kier molecular flexibility index (Phi) is 3.16. The minimum Gasteiger partial charge on any atom is -0.343 e. The van der Waals surface area contributed by atoms with E-state index >= 15 is 0 Å². The summed E-state index contributed by atoms with van der Waals surface area (Å²) in [7, 11) is 0. The van der Waals surface area contributed by atoms with E-state index in [9.17, 15) is 0 Å². The third-order valence-electron chi connectivity index (χ3n) is 3.06. The predicted molar refractivity (Wildman–Crippen MR) is 75.3 cm³/mol. The standard InChI is InChI=1S/C13H12ClN3S/c14-9-3-1-2-8(6-9)12-16-11-4-5-15-7-10(11)13(18)17-12/h1-3,6,15H,4-5,7H2,(H,16,17,18). The lowest BCUT2D eigenvalue weighted by molar-refractivity contribution is 0.624. The van der Waals surface area contributed by atoms with Crippen molar-refractivity contribution in [2.24, 2.45) is 0 Å². The average molecular weight is 278 g/mol. The summed E-state index contributed by atoms with van der Waals surface area (Å²) in [5.74, 6) is 0.795. The monoisotopic (exact) mass is 277 g/mol. The fraction of sp³-hybridized carbons (Fsp3) is 0.231. The lowest BCUT2D eigenvalue weighted by Crippen LogP contribution is -2.25. The number of H-pyrrole nitrogens is 1.